The third kappa shape index (κ3) is 4.67. The van der Waals surface area contributed by atoms with Gasteiger partial charge in [0.05, 0.1) is 5.75 Å². The number of hydrogen-bond donors (Lipinski definition) is 1. The van der Waals surface area contributed by atoms with Crippen LogP contribution < -0.4 is 5.32 Å². The predicted molar refractivity (Wildman–Crippen MR) is 118 cm³/mol. The first-order chi connectivity index (χ1) is 14.9. The molecule has 1 aromatic carbocycles. The fraction of sp³-hybridized carbons (Fsp3) is 0.364. The maximum Gasteiger partial charge on any atom is 0.280 e. The number of alkyl halides is 2. The van der Waals surface area contributed by atoms with Gasteiger partial charge in [-0.15, -0.1) is 0 Å². The summed E-state index contributed by atoms with van der Waals surface area (Å²) < 4.78 is 52.0. The molecule has 3 aromatic rings. The van der Waals surface area contributed by atoms with E-state index < -0.39 is 16.4 Å². The van der Waals surface area contributed by atoms with Crippen LogP contribution in [0.3, 0.4) is 0 Å². The Morgan fingerprint density at radius 1 is 1.13 bits per heavy atom. The number of pyridine rings is 2. The Morgan fingerprint density at radius 3 is 2.61 bits per heavy atom. The van der Waals surface area contributed by atoms with Gasteiger partial charge in [-0.25, -0.2) is 21.5 Å². The molecule has 1 aliphatic rings. The Labute approximate surface area is 180 Å². The second kappa shape index (κ2) is 8.84. The summed E-state index contributed by atoms with van der Waals surface area (Å²) in [4.78, 5) is 7.97. The normalized spacial score (nSPS) is 16.1. The van der Waals surface area contributed by atoms with Crippen LogP contribution in [-0.2, 0) is 10.0 Å². The van der Waals surface area contributed by atoms with E-state index in [2.05, 4.69) is 15.3 Å². The number of aromatic nitrogens is 2. The van der Waals surface area contributed by atoms with Crippen molar-refractivity contribution in [3.8, 4) is 11.1 Å². The molecule has 9 heteroatoms. The van der Waals surface area contributed by atoms with Gasteiger partial charge in [0.2, 0.25) is 10.0 Å². The zero-order valence-electron chi connectivity index (χ0n) is 17.1. The first kappa shape index (κ1) is 21.6. The number of piperidine rings is 1. The number of sulfonamides is 1. The molecule has 1 N–H and O–H groups in total. The second-order valence-corrected chi connectivity index (χ2v) is 9.87. The molecule has 1 aliphatic heterocycles. The van der Waals surface area contributed by atoms with E-state index in [4.69, 9.17) is 0 Å². The molecule has 0 spiro atoms. The lowest BCUT2D eigenvalue weighted by Crippen LogP contribution is -2.42. The van der Waals surface area contributed by atoms with Crippen molar-refractivity contribution in [3.63, 3.8) is 0 Å². The van der Waals surface area contributed by atoms with Gasteiger partial charge in [0.25, 0.3) is 6.43 Å². The lowest BCUT2D eigenvalue weighted by atomic mass is 9.99. The van der Waals surface area contributed by atoms with Crippen LogP contribution in [0.5, 0.6) is 0 Å². The van der Waals surface area contributed by atoms with Crippen LogP contribution in [0.2, 0.25) is 0 Å². The lowest BCUT2D eigenvalue weighted by molar-refractivity contribution is 0.146. The molecule has 0 radical (unpaired) electrons. The Balaban J connectivity index is 1.63. The molecule has 1 fully saturated rings. The molecule has 0 unspecified atom stereocenters. The summed E-state index contributed by atoms with van der Waals surface area (Å²) in [5.41, 5.74) is 2.06. The lowest BCUT2D eigenvalue weighted by Gasteiger charge is -2.32. The van der Waals surface area contributed by atoms with E-state index in [1.54, 1.807) is 29.7 Å². The van der Waals surface area contributed by atoms with Crippen molar-refractivity contribution in [2.24, 2.45) is 0 Å². The topological polar surface area (TPSA) is 75.2 Å². The van der Waals surface area contributed by atoms with Crippen molar-refractivity contribution in [1.82, 2.24) is 14.3 Å². The minimum absolute atomic E-state index is 0.107. The zero-order chi connectivity index (χ0) is 22.0. The summed E-state index contributed by atoms with van der Waals surface area (Å²) in [5, 5.41) is 5.41. The number of fused-ring (bicyclic) bond motifs is 1. The van der Waals surface area contributed by atoms with Crippen LogP contribution >= 0.6 is 0 Å². The highest BCUT2D eigenvalue weighted by molar-refractivity contribution is 7.89. The Bertz CT molecular complexity index is 1180. The van der Waals surface area contributed by atoms with Gasteiger partial charge < -0.3 is 5.32 Å². The van der Waals surface area contributed by atoms with Crippen LogP contribution in [0.15, 0.2) is 48.9 Å². The van der Waals surface area contributed by atoms with E-state index in [1.165, 1.54) is 12.3 Å². The largest absolute Gasteiger partial charge is 0.382 e. The van der Waals surface area contributed by atoms with Gasteiger partial charge in [-0.3, -0.25) is 9.97 Å². The van der Waals surface area contributed by atoms with Crippen molar-refractivity contribution < 1.29 is 17.2 Å². The summed E-state index contributed by atoms with van der Waals surface area (Å²) in [7, 11) is -3.18. The second-order valence-electron chi connectivity index (χ2n) is 7.61. The van der Waals surface area contributed by atoms with Crippen LogP contribution in [0.25, 0.3) is 21.9 Å². The highest BCUT2D eigenvalue weighted by Gasteiger charge is 2.27. The molecule has 2 aromatic heterocycles. The van der Waals surface area contributed by atoms with Gasteiger partial charge in [0.15, 0.2) is 0 Å². The molecule has 0 saturated carbocycles. The van der Waals surface area contributed by atoms with E-state index in [9.17, 15) is 17.2 Å². The average Bonchev–Trinajstić information content (AvgIpc) is 2.79. The molecule has 6 nitrogen and oxygen atoms in total. The molecular weight excluding hydrogens is 422 g/mol. The number of rotatable bonds is 6. The first-order valence-corrected chi connectivity index (χ1v) is 11.8. The highest BCUT2D eigenvalue weighted by atomic mass is 32.2. The van der Waals surface area contributed by atoms with Gasteiger partial charge in [-0.2, -0.15) is 0 Å². The zero-order valence-corrected chi connectivity index (χ0v) is 17.9. The summed E-state index contributed by atoms with van der Waals surface area (Å²) in [5.74, 6) is 0.107. The summed E-state index contributed by atoms with van der Waals surface area (Å²) >= 11 is 0. The van der Waals surface area contributed by atoms with Crippen molar-refractivity contribution in [2.45, 2.75) is 32.2 Å². The number of nitrogens with zero attached hydrogens (tertiary/aromatic N) is 3. The van der Waals surface area contributed by atoms with E-state index in [0.717, 1.165) is 22.0 Å². The Kier molecular flexibility index (Phi) is 6.15. The molecule has 3 heterocycles. The van der Waals surface area contributed by atoms with E-state index >= 15 is 0 Å². The molecule has 31 heavy (non-hydrogen) atoms. The molecule has 164 valence electrons. The van der Waals surface area contributed by atoms with E-state index in [1.807, 2.05) is 18.2 Å². The Hall–Kier alpha value is -2.65. The van der Waals surface area contributed by atoms with Gasteiger partial charge in [0.1, 0.15) is 5.69 Å². The smallest absolute Gasteiger partial charge is 0.280 e. The maximum absolute atomic E-state index is 13.1. The summed E-state index contributed by atoms with van der Waals surface area (Å²) in [6.07, 6.45) is 3.61. The number of halogens is 2. The monoisotopic (exact) mass is 446 g/mol. The third-order valence-electron chi connectivity index (χ3n) is 5.67. The van der Waals surface area contributed by atoms with Gasteiger partial charge in [-0.05, 0) is 66.6 Å². The minimum Gasteiger partial charge on any atom is -0.382 e. The highest BCUT2D eigenvalue weighted by Crippen LogP contribution is 2.33. The molecule has 4 rings (SSSR count). The van der Waals surface area contributed by atoms with Gasteiger partial charge in [-0.1, -0.05) is 0 Å². The van der Waals surface area contributed by atoms with Crippen LogP contribution in [0.1, 0.15) is 31.9 Å². The van der Waals surface area contributed by atoms with E-state index in [0.29, 0.717) is 31.5 Å². The summed E-state index contributed by atoms with van der Waals surface area (Å²) in [6.45, 7) is 2.61. The quantitative estimate of drug-likeness (QED) is 0.605. The van der Waals surface area contributed by atoms with E-state index in [-0.39, 0.29) is 17.5 Å². The molecule has 0 amide bonds. The molecule has 0 aliphatic carbocycles. The predicted octanol–water partition coefficient (Wildman–Crippen LogP) is 4.46. The fourth-order valence-corrected chi connectivity index (χ4v) is 5.04. The molecular formula is C22H24F2N4O2S. The fourth-order valence-electron chi connectivity index (χ4n) is 3.91. The third-order valence-corrected chi connectivity index (χ3v) is 7.55. The standard InChI is InChI=1S/C22H24F2N4O2S/c1-2-31(29,30)28-9-5-18(6-10-28)27-20-13-17(11-16-3-7-25-14-19(16)20)15-4-8-26-21(12-15)22(23)24/h3-4,7-8,11-14,18,22,27H,2,5-6,9-10H2,1H3. The minimum atomic E-state index is -3.18. The van der Waals surface area contributed by atoms with Crippen LogP contribution in [-0.4, -0.2) is 47.6 Å². The molecule has 0 bridgehead atoms. The van der Waals surface area contributed by atoms with Gasteiger partial charge >= 0.3 is 0 Å². The number of nitrogens with one attached hydrogen (secondary N) is 1. The van der Waals surface area contributed by atoms with Gasteiger partial charge in [0, 0.05) is 48.8 Å². The summed E-state index contributed by atoms with van der Waals surface area (Å²) in [6, 6.07) is 9.00. The average molecular weight is 447 g/mol. The van der Waals surface area contributed by atoms with Crippen LogP contribution in [0, 0.1) is 0 Å². The first-order valence-electron chi connectivity index (χ1n) is 10.2. The SMILES string of the molecule is CCS(=O)(=O)N1CCC(Nc2cc(-c3ccnc(C(F)F)c3)cc3ccncc23)CC1. The molecule has 1 saturated heterocycles. The maximum atomic E-state index is 13.1. The molecule has 0 atom stereocenters. The Morgan fingerprint density at radius 2 is 1.90 bits per heavy atom. The van der Waals surface area contributed by atoms with Crippen LogP contribution in [0.4, 0.5) is 14.5 Å². The number of hydrogen-bond acceptors (Lipinski definition) is 5. The number of anilines is 1. The van der Waals surface area contributed by atoms with Crippen molar-refractivity contribution >= 4 is 26.5 Å². The van der Waals surface area contributed by atoms with Crippen molar-refractivity contribution in [2.75, 3.05) is 24.2 Å². The van der Waals surface area contributed by atoms with Crippen molar-refractivity contribution in [3.05, 3.63) is 54.6 Å². The number of benzene rings is 1. The van der Waals surface area contributed by atoms with Crippen molar-refractivity contribution in [1.29, 1.82) is 0 Å².